The zero-order valence-electron chi connectivity index (χ0n) is 11.3. The number of piperidine rings is 1. The van der Waals surface area contributed by atoms with Gasteiger partial charge in [0.15, 0.2) is 0 Å². The lowest BCUT2D eigenvalue weighted by molar-refractivity contribution is -0.148. The standard InChI is InChI=1S/C13H19N3O3/c1-3-19-13(18)10-5-4-6-16(8-10)11-7-12(17)15-9(2)14-11/h7,10H,3-6,8H2,1-2H3,(H,14,15,17). The maximum Gasteiger partial charge on any atom is 0.310 e. The lowest BCUT2D eigenvalue weighted by Crippen LogP contribution is -2.40. The zero-order chi connectivity index (χ0) is 13.8. The number of hydrogen-bond acceptors (Lipinski definition) is 5. The van der Waals surface area contributed by atoms with Crippen LogP contribution in [0.25, 0.3) is 0 Å². The van der Waals surface area contributed by atoms with Gasteiger partial charge < -0.3 is 14.6 Å². The van der Waals surface area contributed by atoms with E-state index in [0.717, 1.165) is 19.4 Å². The predicted molar refractivity (Wildman–Crippen MR) is 71.2 cm³/mol. The Bertz CT molecular complexity index is 512. The van der Waals surface area contributed by atoms with Gasteiger partial charge in [0.05, 0.1) is 12.5 Å². The lowest BCUT2D eigenvalue weighted by atomic mass is 9.98. The van der Waals surface area contributed by atoms with E-state index in [1.165, 1.54) is 6.07 Å². The van der Waals surface area contributed by atoms with E-state index in [4.69, 9.17) is 4.74 Å². The fourth-order valence-corrected chi connectivity index (χ4v) is 2.36. The van der Waals surface area contributed by atoms with Gasteiger partial charge in [-0.1, -0.05) is 0 Å². The van der Waals surface area contributed by atoms with Crippen molar-refractivity contribution in [2.75, 3.05) is 24.6 Å². The van der Waals surface area contributed by atoms with Gasteiger partial charge in [-0.2, -0.15) is 0 Å². The van der Waals surface area contributed by atoms with Crippen LogP contribution in [0, 0.1) is 12.8 Å². The molecule has 1 N–H and O–H groups in total. The molecule has 0 aliphatic carbocycles. The van der Waals surface area contributed by atoms with Crippen LogP contribution in [0.1, 0.15) is 25.6 Å². The highest BCUT2D eigenvalue weighted by molar-refractivity contribution is 5.73. The monoisotopic (exact) mass is 265 g/mol. The van der Waals surface area contributed by atoms with Crippen molar-refractivity contribution in [3.8, 4) is 0 Å². The normalized spacial score (nSPS) is 19.3. The molecule has 19 heavy (non-hydrogen) atoms. The van der Waals surface area contributed by atoms with Crippen LogP contribution in [0.5, 0.6) is 0 Å². The molecule has 0 saturated carbocycles. The first-order chi connectivity index (χ1) is 9.10. The SMILES string of the molecule is CCOC(=O)C1CCCN(c2cc(=O)[nH]c(C)n2)C1. The van der Waals surface area contributed by atoms with Crippen molar-refractivity contribution < 1.29 is 9.53 Å². The van der Waals surface area contributed by atoms with E-state index in [-0.39, 0.29) is 17.4 Å². The number of esters is 1. The average molecular weight is 265 g/mol. The number of H-pyrrole nitrogens is 1. The molecule has 2 heterocycles. The van der Waals surface area contributed by atoms with Crippen LogP contribution in [0.15, 0.2) is 10.9 Å². The summed E-state index contributed by atoms with van der Waals surface area (Å²) in [6.45, 7) is 5.33. The van der Waals surface area contributed by atoms with Crippen molar-refractivity contribution in [3.63, 3.8) is 0 Å². The summed E-state index contributed by atoms with van der Waals surface area (Å²) in [5.74, 6) is 0.930. The molecule has 1 unspecified atom stereocenters. The van der Waals surface area contributed by atoms with Gasteiger partial charge in [0, 0.05) is 19.2 Å². The number of rotatable bonds is 3. The van der Waals surface area contributed by atoms with E-state index in [1.807, 2.05) is 4.90 Å². The van der Waals surface area contributed by atoms with Gasteiger partial charge in [0.25, 0.3) is 5.56 Å². The van der Waals surface area contributed by atoms with Gasteiger partial charge in [-0.25, -0.2) is 4.98 Å². The Hall–Kier alpha value is -1.85. The van der Waals surface area contributed by atoms with Gasteiger partial charge in [0.1, 0.15) is 11.6 Å². The minimum atomic E-state index is -0.166. The molecule has 104 valence electrons. The summed E-state index contributed by atoms with van der Waals surface area (Å²) >= 11 is 0. The quantitative estimate of drug-likeness (QED) is 0.820. The maximum atomic E-state index is 11.8. The molecule has 1 aliphatic heterocycles. The molecule has 0 amide bonds. The molecular formula is C13H19N3O3. The molecule has 0 radical (unpaired) electrons. The van der Waals surface area contributed by atoms with Crippen molar-refractivity contribution in [3.05, 3.63) is 22.2 Å². The Morgan fingerprint density at radius 2 is 2.42 bits per heavy atom. The van der Waals surface area contributed by atoms with E-state index in [9.17, 15) is 9.59 Å². The number of nitrogens with one attached hydrogen (secondary N) is 1. The van der Waals surface area contributed by atoms with Gasteiger partial charge in [-0.05, 0) is 26.7 Å². The van der Waals surface area contributed by atoms with E-state index >= 15 is 0 Å². The third-order valence-corrected chi connectivity index (χ3v) is 3.21. The molecule has 6 heteroatoms. The number of anilines is 1. The highest BCUT2D eigenvalue weighted by atomic mass is 16.5. The number of carbonyl (C=O) groups excluding carboxylic acids is 1. The molecule has 1 fully saturated rings. The number of aryl methyl sites for hydroxylation is 1. The number of hydrogen-bond donors (Lipinski definition) is 1. The minimum absolute atomic E-state index is 0.130. The predicted octanol–water partition coefficient (Wildman–Crippen LogP) is 0.858. The molecule has 1 aliphatic rings. The third kappa shape index (κ3) is 3.33. The second-order valence-electron chi connectivity index (χ2n) is 4.73. The van der Waals surface area contributed by atoms with Crippen LogP contribution in [0.4, 0.5) is 5.82 Å². The van der Waals surface area contributed by atoms with Crippen LogP contribution in [0.3, 0.4) is 0 Å². The second kappa shape index (κ2) is 5.86. The molecule has 1 saturated heterocycles. The van der Waals surface area contributed by atoms with Crippen LogP contribution in [0.2, 0.25) is 0 Å². The van der Waals surface area contributed by atoms with Gasteiger partial charge in [-0.15, -0.1) is 0 Å². The van der Waals surface area contributed by atoms with Crippen LogP contribution in [-0.4, -0.2) is 35.6 Å². The fourth-order valence-electron chi connectivity index (χ4n) is 2.36. The summed E-state index contributed by atoms with van der Waals surface area (Å²) in [6.07, 6.45) is 1.73. The Labute approximate surface area is 111 Å². The Morgan fingerprint density at radius 1 is 1.63 bits per heavy atom. The zero-order valence-corrected chi connectivity index (χ0v) is 11.3. The van der Waals surface area contributed by atoms with Crippen molar-refractivity contribution >= 4 is 11.8 Å². The largest absolute Gasteiger partial charge is 0.466 e. The lowest BCUT2D eigenvalue weighted by Gasteiger charge is -2.32. The number of aromatic amines is 1. The number of ether oxygens (including phenoxy) is 1. The van der Waals surface area contributed by atoms with Gasteiger partial charge in [-0.3, -0.25) is 9.59 Å². The topological polar surface area (TPSA) is 75.3 Å². The smallest absolute Gasteiger partial charge is 0.310 e. The van der Waals surface area contributed by atoms with E-state index in [1.54, 1.807) is 13.8 Å². The number of aromatic nitrogens is 2. The summed E-state index contributed by atoms with van der Waals surface area (Å²) in [5.41, 5.74) is -0.166. The van der Waals surface area contributed by atoms with Crippen LogP contribution < -0.4 is 10.5 Å². The first kappa shape index (κ1) is 13.6. The second-order valence-corrected chi connectivity index (χ2v) is 4.73. The van der Waals surface area contributed by atoms with Gasteiger partial charge >= 0.3 is 5.97 Å². The summed E-state index contributed by atoms with van der Waals surface area (Å²) in [6, 6.07) is 1.47. The third-order valence-electron chi connectivity index (χ3n) is 3.21. The number of carbonyl (C=O) groups is 1. The van der Waals surface area contributed by atoms with Crippen LogP contribution >= 0.6 is 0 Å². The summed E-state index contributed by atoms with van der Waals surface area (Å²) in [4.78, 5) is 32.1. The summed E-state index contributed by atoms with van der Waals surface area (Å²) < 4.78 is 5.06. The first-order valence-electron chi connectivity index (χ1n) is 6.59. The first-order valence-corrected chi connectivity index (χ1v) is 6.59. The number of nitrogens with zero attached hydrogens (tertiary/aromatic N) is 2. The van der Waals surface area contributed by atoms with Crippen molar-refractivity contribution in [1.29, 1.82) is 0 Å². The molecule has 0 spiro atoms. The highest BCUT2D eigenvalue weighted by Gasteiger charge is 2.27. The molecule has 1 aromatic heterocycles. The Kier molecular flexibility index (Phi) is 4.19. The van der Waals surface area contributed by atoms with Crippen molar-refractivity contribution in [2.45, 2.75) is 26.7 Å². The molecule has 2 rings (SSSR count). The summed E-state index contributed by atoms with van der Waals surface area (Å²) in [7, 11) is 0. The molecule has 0 bridgehead atoms. The molecule has 1 aromatic rings. The maximum absolute atomic E-state index is 11.8. The van der Waals surface area contributed by atoms with Crippen molar-refractivity contribution in [2.24, 2.45) is 5.92 Å². The average Bonchev–Trinajstić information content (AvgIpc) is 2.38. The minimum Gasteiger partial charge on any atom is -0.466 e. The van der Waals surface area contributed by atoms with E-state index in [0.29, 0.717) is 24.8 Å². The molecule has 6 nitrogen and oxygen atoms in total. The Balaban J connectivity index is 2.12. The van der Waals surface area contributed by atoms with E-state index in [2.05, 4.69) is 9.97 Å². The Morgan fingerprint density at radius 3 is 3.11 bits per heavy atom. The fraction of sp³-hybridized carbons (Fsp3) is 0.615. The highest BCUT2D eigenvalue weighted by Crippen LogP contribution is 2.21. The van der Waals surface area contributed by atoms with Crippen molar-refractivity contribution in [1.82, 2.24) is 9.97 Å². The van der Waals surface area contributed by atoms with Gasteiger partial charge in [0.2, 0.25) is 0 Å². The molecule has 1 atom stereocenters. The van der Waals surface area contributed by atoms with E-state index < -0.39 is 0 Å². The molecule has 0 aromatic carbocycles. The molecular weight excluding hydrogens is 246 g/mol. The van der Waals surface area contributed by atoms with Crippen LogP contribution in [-0.2, 0) is 9.53 Å². The summed E-state index contributed by atoms with van der Waals surface area (Å²) in [5, 5.41) is 0.